The van der Waals surface area contributed by atoms with E-state index < -0.39 is 0 Å². The molecule has 0 atom stereocenters. The van der Waals surface area contributed by atoms with Crippen molar-refractivity contribution in [3.8, 4) is 0 Å². The number of pyridine rings is 1. The monoisotopic (exact) mass is 237 g/mol. The number of aliphatic hydroxyl groups excluding tert-OH is 1. The summed E-state index contributed by atoms with van der Waals surface area (Å²) in [6.07, 6.45) is 4.92. The Hall–Kier alpha value is -1.62. The highest BCUT2D eigenvalue weighted by atomic mass is 16.3. The SMILES string of the molecule is CCCCN(CCO)C(=O)c1ccncc1N. The second-order valence-corrected chi connectivity index (χ2v) is 3.83. The van der Waals surface area contributed by atoms with Gasteiger partial charge in [0, 0.05) is 19.3 Å². The third kappa shape index (κ3) is 3.71. The Morgan fingerprint density at radius 2 is 2.29 bits per heavy atom. The fraction of sp³-hybridized carbons (Fsp3) is 0.500. The van der Waals surface area contributed by atoms with Gasteiger partial charge in [-0.15, -0.1) is 0 Å². The third-order valence-electron chi connectivity index (χ3n) is 2.52. The average molecular weight is 237 g/mol. The van der Waals surface area contributed by atoms with E-state index in [1.807, 2.05) is 0 Å². The molecule has 1 aromatic rings. The zero-order chi connectivity index (χ0) is 12.7. The number of nitrogens with zero attached hydrogens (tertiary/aromatic N) is 2. The molecule has 0 bridgehead atoms. The van der Waals surface area contributed by atoms with E-state index >= 15 is 0 Å². The van der Waals surface area contributed by atoms with Crippen molar-refractivity contribution in [3.63, 3.8) is 0 Å². The number of nitrogens with two attached hydrogens (primary N) is 1. The first kappa shape index (κ1) is 13.4. The predicted molar refractivity (Wildman–Crippen MR) is 66.5 cm³/mol. The van der Waals surface area contributed by atoms with Crippen LogP contribution in [0.3, 0.4) is 0 Å². The minimum atomic E-state index is -0.146. The van der Waals surface area contributed by atoms with Crippen molar-refractivity contribution in [2.45, 2.75) is 19.8 Å². The molecule has 0 aliphatic carbocycles. The van der Waals surface area contributed by atoms with Crippen LogP contribution in [-0.2, 0) is 0 Å². The van der Waals surface area contributed by atoms with E-state index in [4.69, 9.17) is 10.8 Å². The van der Waals surface area contributed by atoms with Crippen LogP contribution in [-0.4, -0.2) is 40.6 Å². The number of amides is 1. The molecule has 0 radical (unpaired) electrons. The highest BCUT2D eigenvalue weighted by molar-refractivity contribution is 5.98. The summed E-state index contributed by atoms with van der Waals surface area (Å²) in [4.78, 5) is 17.6. The summed E-state index contributed by atoms with van der Waals surface area (Å²) >= 11 is 0. The smallest absolute Gasteiger partial charge is 0.256 e. The van der Waals surface area contributed by atoms with Gasteiger partial charge in [-0.05, 0) is 12.5 Å². The highest BCUT2D eigenvalue weighted by Crippen LogP contribution is 2.12. The molecule has 0 saturated heterocycles. The fourth-order valence-corrected chi connectivity index (χ4v) is 1.56. The maximum absolute atomic E-state index is 12.2. The predicted octanol–water partition coefficient (Wildman–Crippen LogP) is 0.898. The van der Waals surface area contributed by atoms with E-state index in [0.717, 1.165) is 12.8 Å². The van der Waals surface area contributed by atoms with E-state index in [0.29, 0.717) is 24.3 Å². The molecule has 3 N–H and O–H groups in total. The minimum absolute atomic E-state index is 0.0412. The molecular formula is C12H19N3O2. The van der Waals surface area contributed by atoms with Crippen LogP contribution in [0.4, 0.5) is 5.69 Å². The van der Waals surface area contributed by atoms with Crippen LogP contribution in [0.15, 0.2) is 18.5 Å². The van der Waals surface area contributed by atoms with Gasteiger partial charge in [-0.25, -0.2) is 0 Å². The number of nitrogen functional groups attached to an aromatic ring is 1. The maximum Gasteiger partial charge on any atom is 0.256 e. The van der Waals surface area contributed by atoms with Crippen molar-refractivity contribution in [2.24, 2.45) is 0 Å². The van der Waals surface area contributed by atoms with Gasteiger partial charge in [0.05, 0.1) is 24.1 Å². The standard InChI is InChI=1S/C12H19N3O2/c1-2-3-6-15(7-8-16)12(17)10-4-5-14-9-11(10)13/h4-5,9,16H,2-3,6-8,13H2,1H3. The molecule has 17 heavy (non-hydrogen) atoms. The van der Waals surface area contributed by atoms with Crippen LogP contribution in [0.25, 0.3) is 0 Å². The first-order valence-electron chi connectivity index (χ1n) is 5.80. The number of hydrogen-bond donors (Lipinski definition) is 2. The van der Waals surface area contributed by atoms with E-state index in [-0.39, 0.29) is 12.5 Å². The van der Waals surface area contributed by atoms with E-state index in [2.05, 4.69) is 11.9 Å². The first-order valence-corrected chi connectivity index (χ1v) is 5.80. The Morgan fingerprint density at radius 1 is 1.53 bits per heavy atom. The van der Waals surface area contributed by atoms with Gasteiger partial charge in [-0.2, -0.15) is 0 Å². The Morgan fingerprint density at radius 3 is 2.88 bits per heavy atom. The summed E-state index contributed by atoms with van der Waals surface area (Å²) in [6, 6.07) is 1.61. The summed E-state index contributed by atoms with van der Waals surface area (Å²) in [7, 11) is 0. The van der Waals surface area contributed by atoms with Crippen molar-refractivity contribution in [1.29, 1.82) is 0 Å². The Kier molecular flexibility index (Phi) is 5.42. The van der Waals surface area contributed by atoms with Gasteiger partial charge in [0.1, 0.15) is 0 Å². The lowest BCUT2D eigenvalue weighted by Crippen LogP contribution is -2.34. The van der Waals surface area contributed by atoms with E-state index in [9.17, 15) is 4.79 Å². The van der Waals surface area contributed by atoms with Gasteiger partial charge in [0.25, 0.3) is 5.91 Å². The van der Waals surface area contributed by atoms with Gasteiger partial charge in [-0.1, -0.05) is 13.3 Å². The largest absolute Gasteiger partial charge is 0.397 e. The molecule has 1 heterocycles. The number of carbonyl (C=O) groups is 1. The number of anilines is 1. The highest BCUT2D eigenvalue weighted by Gasteiger charge is 2.16. The fourth-order valence-electron chi connectivity index (χ4n) is 1.56. The summed E-state index contributed by atoms with van der Waals surface area (Å²) in [5, 5.41) is 8.96. The molecule has 1 amide bonds. The van der Waals surface area contributed by atoms with Crippen molar-refractivity contribution in [1.82, 2.24) is 9.88 Å². The van der Waals surface area contributed by atoms with Crippen LogP contribution in [0.2, 0.25) is 0 Å². The molecule has 0 aliphatic heterocycles. The average Bonchev–Trinajstić information content (AvgIpc) is 2.34. The molecule has 0 unspecified atom stereocenters. The summed E-state index contributed by atoms with van der Waals surface area (Å²) < 4.78 is 0. The van der Waals surface area contributed by atoms with Crippen LogP contribution in [0.5, 0.6) is 0 Å². The van der Waals surface area contributed by atoms with Crippen molar-refractivity contribution in [3.05, 3.63) is 24.0 Å². The zero-order valence-corrected chi connectivity index (χ0v) is 10.1. The topological polar surface area (TPSA) is 79.5 Å². The van der Waals surface area contributed by atoms with E-state index in [1.165, 1.54) is 6.20 Å². The van der Waals surface area contributed by atoms with Gasteiger partial charge in [0.15, 0.2) is 0 Å². The zero-order valence-electron chi connectivity index (χ0n) is 10.1. The van der Waals surface area contributed by atoms with Gasteiger partial charge in [0.2, 0.25) is 0 Å². The molecule has 0 spiro atoms. The number of rotatable bonds is 6. The van der Waals surface area contributed by atoms with Crippen molar-refractivity contribution < 1.29 is 9.90 Å². The number of aliphatic hydroxyl groups is 1. The van der Waals surface area contributed by atoms with Crippen LogP contribution in [0.1, 0.15) is 30.1 Å². The van der Waals surface area contributed by atoms with Crippen LogP contribution < -0.4 is 5.73 Å². The molecule has 0 aliphatic rings. The molecule has 5 heteroatoms. The number of aromatic nitrogens is 1. The van der Waals surface area contributed by atoms with Gasteiger partial charge >= 0.3 is 0 Å². The van der Waals surface area contributed by atoms with Crippen molar-refractivity contribution in [2.75, 3.05) is 25.4 Å². The molecular weight excluding hydrogens is 218 g/mol. The molecule has 0 fully saturated rings. The normalized spacial score (nSPS) is 10.2. The van der Waals surface area contributed by atoms with Crippen LogP contribution in [0, 0.1) is 0 Å². The third-order valence-corrected chi connectivity index (χ3v) is 2.52. The lowest BCUT2D eigenvalue weighted by molar-refractivity contribution is 0.0720. The van der Waals surface area contributed by atoms with Gasteiger partial charge < -0.3 is 15.7 Å². The Bertz CT molecular complexity index is 369. The van der Waals surface area contributed by atoms with Crippen LogP contribution >= 0.6 is 0 Å². The minimum Gasteiger partial charge on any atom is -0.397 e. The Labute approximate surface area is 101 Å². The molecule has 0 saturated carbocycles. The number of hydrogen-bond acceptors (Lipinski definition) is 4. The molecule has 94 valence electrons. The molecule has 1 rings (SSSR count). The van der Waals surface area contributed by atoms with Gasteiger partial charge in [-0.3, -0.25) is 9.78 Å². The molecule has 1 aromatic heterocycles. The van der Waals surface area contributed by atoms with E-state index in [1.54, 1.807) is 17.2 Å². The first-order chi connectivity index (χ1) is 8.20. The summed E-state index contributed by atoms with van der Waals surface area (Å²) in [6.45, 7) is 2.99. The number of unbranched alkanes of at least 4 members (excludes halogenated alkanes) is 1. The summed E-state index contributed by atoms with van der Waals surface area (Å²) in [5.41, 5.74) is 6.53. The lowest BCUT2D eigenvalue weighted by Gasteiger charge is -2.22. The molecule has 0 aromatic carbocycles. The second kappa shape index (κ2) is 6.85. The summed E-state index contributed by atoms with van der Waals surface area (Å²) in [5.74, 6) is -0.146. The Balaban J connectivity index is 2.80. The number of carbonyl (C=O) groups excluding carboxylic acids is 1. The lowest BCUT2D eigenvalue weighted by atomic mass is 10.2. The maximum atomic E-state index is 12.2. The second-order valence-electron chi connectivity index (χ2n) is 3.83. The van der Waals surface area contributed by atoms with Crippen molar-refractivity contribution >= 4 is 11.6 Å². The molecule has 5 nitrogen and oxygen atoms in total. The quantitative estimate of drug-likeness (QED) is 0.770.